The van der Waals surface area contributed by atoms with Crippen molar-refractivity contribution in [3.63, 3.8) is 0 Å². The van der Waals surface area contributed by atoms with E-state index in [1.165, 1.54) is 0 Å². The van der Waals surface area contributed by atoms with Gasteiger partial charge in [-0.05, 0) is 35.6 Å². The lowest BCUT2D eigenvalue weighted by Gasteiger charge is -2.42. The van der Waals surface area contributed by atoms with Crippen LogP contribution in [0.4, 0.5) is 4.39 Å². The van der Waals surface area contributed by atoms with Crippen LogP contribution in [0.15, 0.2) is 30.5 Å². The highest BCUT2D eigenvalue weighted by Gasteiger charge is 2.33. The molecule has 1 atom stereocenters. The van der Waals surface area contributed by atoms with Gasteiger partial charge in [0.1, 0.15) is 5.82 Å². The molecule has 5 heteroatoms. The van der Waals surface area contributed by atoms with Gasteiger partial charge in [-0.25, -0.2) is 4.39 Å². The second kappa shape index (κ2) is 6.49. The van der Waals surface area contributed by atoms with Crippen LogP contribution in [0.5, 0.6) is 0 Å². The second-order valence-electron chi connectivity index (χ2n) is 6.73. The average molecular weight is 324 g/mol. The van der Waals surface area contributed by atoms with Gasteiger partial charge in [-0.2, -0.15) is 0 Å². The lowest BCUT2D eigenvalue weighted by molar-refractivity contribution is 0.0901. The number of halogens is 2. The van der Waals surface area contributed by atoms with E-state index in [0.29, 0.717) is 0 Å². The molecule has 1 aliphatic heterocycles. The molecule has 0 aliphatic carbocycles. The monoisotopic (exact) mass is 323 g/mol. The maximum Gasteiger partial charge on any atom is 0.124 e. The molecule has 120 valence electrons. The first-order valence-corrected chi connectivity index (χ1v) is 7.47. The maximum absolute atomic E-state index is 13.8. The van der Waals surface area contributed by atoms with Gasteiger partial charge in [-0.15, -0.1) is 12.4 Å². The third-order valence-corrected chi connectivity index (χ3v) is 4.53. The molecule has 0 amide bonds. The van der Waals surface area contributed by atoms with Crippen molar-refractivity contribution in [2.45, 2.75) is 32.9 Å². The van der Waals surface area contributed by atoms with Gasteiger partial charge in [-0.1, -0.05) is 19.9 Å². The quantitative estimate of drug-likeness (QED) is 0.921. The number of aromatic nitrogens is 1. The van der Waals surface area contributed by atoms with Crippen LogP contribution in [-0.4, -0.2) is 29.0 Å². The van der Waals surface area contributed by atoms with Crippen molar-refractivity contribution in [3.8, 4) is 0 Å². The molecule has 3 nitrogen and oxygen atoms in total. The zero-order chi connectivity index (χ0) is 15.0. The van der Waals surface area contributed by atoms with Gasteiger partial charge in [0.15, 0.2) is 0 Å². The van der Waals surface area contributed by atoms with Crippen LogP contribution >= 0.6 is 12.4 Å². The van der Waals surface area contributed by atoms with E-state index in [-0.39, 0.29) is 29.7 Å². The third kappa shape index (κ3) is 3.40. The Morgan fingerprint density at radius 3 is 2.91 bits per heavy atom. The summed E-state index contributed by atoms with van der Waals surface area (Å²) >= 11 is 0. The first kappa shape index (κ1) is 17.1. The minimum absolute atomic E-state index is 0. The Morgan fingerprint density at radius 1 is 1.41 bits per heavy atom. The van der Waals surface area contributed by atoms with Crippen LogP contribution in [-0.2, 0) is 6.54 Å². The Kier molecular flexibility index (Phi) is 5.05. The number of nitrogens with two attached hydrogens (primary N) is 1. The summed E-state index contributed by atoms with van der Waals surface area (Å²) in [7, 11) is 0. The number of hydrogen-bond donors (Lipinski definition) is 1. The van der Waals surface area contributed by atoms with Crippen molar-refractivity contribution in [1.82, 2.24) is 9.88 Å². The van der Waals surface area contributed by atoms with E-state index < -0.39 is 0 Å². The number of fused-ring (bicyclic) bond motifs is 1. The summed E-state index contributed by atoms with van der Waals surface area (Å²) in [5.74, 6) is -0.196. The van der Waals surface area contributed by atoms with Crippen molar-refractivity contribution in [1.29, 1.82) is 0 Å². The predicted octanol–water partition coefficient (Wildman–Crippen LogP) is 3.35. The lowest BCUT2D eigenvalue weighted by Crippen LogP contribution is -2.52. The minimum atomic E-state index is -0.196. The summed E-state index contributed by atoms with van der Waals surface area (Å²) in [5, 5.41) is 0.862. The molecule has 2 aromatic rings. The highest BCUT2D eigenvalue weighted by Crippen LogP contribution is 2.29. The first-order chi connectivity index (χ1) is 9.95. The molecule has 1 aliphatic rings. The summed E-state index contributed by atoms with van der Waals surface area (Å²) in [6.45, 7) is 7.01. The van der Waals surface area contributed by atoms with E-state index in [9.17, 15) is 4.39 Å². The molecule has 0 bridgehead atoms. The molecule has 22 heavy (non-hydrogen) atoms. The van der Waals surface area contributed by atoms with E-state index in [4.69, 9.17) is 5.73 Å². The summed E-state index contributed by atoms with van der Waals surface area (Å²) in [6, 6.07) is 7.13. The Morgan fingerprint density at radius 2 is 2.18 bits per heavy atom. The van der Waals surface area contributed by atoms with Crippen molar-refractivity contribution in [2.75, 3.05) is 13.1 Å². The minimum Gasteiger partial charge on any atom is -0.327 e. The smallest absolute Gasteiger partial charge is 0.124 e. The highest BCUT2D eigenvalue weighted by molar-refractivity contribution is 5.85. The molecule has 0 saturated carbocycles. The van der Waals surface area contributed by atoms with Crippen LogP contribution < -0.4 is 5.73 Å². The van der Waals surface area contributed by atoms with Gasteiger partial charge in [0.2, 0.25) is 0 Å². The molecule has 2 heterocycles. The summed E-state index contributed by atoms with van der Waals surface area (Å²) in [5.41, 5.74) is 8.13. The van der Waals surface area contributed by atoms with Gasteiger partial charge in [0, 0.05) is 37.3 Å². The van der Waals surface area contributed by atoms with Gasteiger partial charge in [0.05, 0.1) is 5.52 Å². The van der Waals surface area contributed by atoms with Crippen LogP contribution in [0.25, 0.3) is 10.9 Å². The topological polar surface area (TPSA) is 42.2 Å². The number of benzene rings is 1. The van der Waals surface area contributed by atoms with Crippen LogP contribution in [0.3, 0.4) is 0 Å². The highest BCUT2D eigenvalue weighted by atomic mass is 35.5. The standard InChI is InChI=1S/C17H22FN3.ClH/c1-17(2)11-21(7-5-15(17)19)10-13-9-14(18)8-12-4-3-6-20-16(12)13;/h3-4,6,8-9,15H,5,7,10-11,19H2,1-2H3;1H. The average Bonchev–Trinajstić information content (AvgIpc) is 2.42. The number of rotatable bonds is 2. The Balaban J connectivity index is 0.00000176. The number of piperidine rings is 1. The van der Waals surface area contributed by atoms with Gasteiger partial charge < -0.3 is 5.73 Å². The molecule has 1 fully saturated rings. The van der Waals surface area contributed by atoms with Crippen LogP contribution in [0, 0.1) is 11.2 Å². The maximum atomic E-state index is 13.8. The number of hydrogen-bond acceptors (Lipinski definition) is 3. The normalized spacial score (nSPS) is 21.5. The molecule has 1 aromatic heterocycles. The number of likely N-dealkylation sites (tertiary alicyclic amines) is 1. The fraction of sp³-hybridized carbons (Fsp3) is 0.471. The van der Waals surface area contributed by atoms with Crippen molar-refractivity contribution in [2.24, 2.45) is 11.1 Å². The zero-order valence-corrected chi connectivity index (χ0v) is 13.9. The van der Waals surface area contributed by atoms with E-state index in [1.54, 1.807) is 18.3 Å². The van der Waals surface area contributed by atoms with E-state index >= 15 is 0 Å². The molecular weight excluding hydrogens is 301 g/mol. The number of pyridine rings is 1. The van der Waals surface area contributed by atoms with Gasteiger partial charge >= 0.3 is 0 Å². The number of nitrogens with zero attached hydrogens (tertiary/aromatic N) is 2. The Bertz CT molecular complexity index is 659. The molecule has 3 rings (SSSR count). The van der Waals surface area contributed by atoms with Crippen LogP contribution in [0.2, 0.25) is 0 Å². The molecule has 0 radical (unpaired) electrons. The molecule has 1 unspecified atom stereocenters. The SMILES string of the molecule is CC1(C)CN(Cc2cc(F)cc3cccnc23)CCC1N.Cl. The summed E-state index contributed by atoms with van der Waals surface area (Å²) < 4.78 is 13.8. The fourth-order valence-electron chi connectivity index (χ4n) is 3.21. The summed E-state index contributed by atoms with van der Waals surface area (Å²) in [4.78, 5) is 6.77. The van der Waals surface area contributed by atoms with E-state index in [2.05, 4.69) is 23.7 Å². The Labute approximate surface area is 137 Å². The van der Waals surface area contributed by atoms with Gasteiger partial charge in [0.25, 0.3) is 0 Å². The second-order valence-corrected chi connectivity index (χ2v) is 6.73. The molecule has 2 N–H and O–H groups in total. The summed E-state index contributed by atoms with van der Waals surface area (Å²) in [6.07, 6.45) is 2.74. The van der Waals surface area contributed by atoms with E-state index in [1.807, 2.05) is 12.1 Å². The fourth-order valence-corrected chi connectivity index (χ4v) is 3.21. The predicted molar refractivity (Wildman–Crippen MR) is 90.6 cm³/mol. The first-order valence-electron chi connectivity index (χ1n) is 7.47. The molecular formula is C17H23ClFN3. The molecule has 1 aromatic carbocycles. The molecule has 1 saturated heterocycles. The van der Waals surface area contributed by atoms with Crippen molar-refractivity contribution >= 4 is 23.3 Å². The third-order valence-electron chi connectivity index (χ3n) is 4.53. The van der Waals surface area contributed by atoms with Gasteiger partial charge in [-0.3, -0.25) is 9.88 Å². The van der Waals surface area contributed by atoms with E-state index in [0.717, 1.165) is 42.5 Å². The van der Waals surface area contributed by atoms with Crippen LogP contribution in [0.1, 0.15) is 25.8 Å². The molecule has 0 spiro atoms. The lowest BCUT2D eigenvalue weighted by atomic mass is 9.79. The van der Waals surface area contributed by atoms with Crippen molar-refractivity contribution in [3.05, 3.63) is 41.8 Å². The largest absolute Gasteiger partial charge is 0.327 e. The van der Waals surface area contributed by atoms with Crippen molar-refractivity contribution < 1.29 is 4.39 Å². The Hall–Kier alpha value is -1.23. The zero-order valence-electron chi connectivity index (χ0n) is 13.1.